The molecule has 1 unspecified atom stereocenters. The van der Waals surface area contributed by atoms with Gasteiger partial charge in [0.15, 0.2) is 0 Å². The molecule has 4 rings (SSSR count). The molecular formula is C25H25NO2. The van der Waals surface area contributed by atoms with Crippen molar-refractivity contribution in [3.8, 4) is 0 Å². The summed E-state index contributed by atoms with van der Waals surface area (Å²) >= 11 is 0. The lowest BCUT2D eigenvalue weighted by atomic mass is 9.91. The first-order valence-electron chi connectivity index (χ1n) is 9.92. The van der Waals surface area contributed by atoms with Gasteiger partial charge in [-0.05, 0) is 41.7 Å². The summed E-state index contributed by atoms with van der Waals surface area (Å²) in [5.41, 5.74) is 4.14. The van der Waals surface area contributed by atoms with Gasteiger partial charge in [-0.2, -0.15) is 0 Å². The van der Waals surface area contributed by atoms with E-state index in [1.807, 2.05) is 60.7 Å². The Labute approximate surface area is 166 Å². The number of anilines is 1. The first-order chi connectivity index (χ1) is 13.8. The van der Waals surface area contributed by atoms with Gasteiger partial charge in [-0.1, -0.05) is 72.8 Å². The molecule has 142 valence electrons. The third-order valence-corrected chi connectivity index (χ3v) is 5.29. The first-order valence-corrected chi connectivity index (χ1v) is 9.92. The van der Waals surface area contributed by atoms with Crippen LogP contribution in [0.2, 0.25) is 0 Å². The maximum Gasteiger partial charge on any atom is 0.318 e. The number of ether oxygens (including phenoxy) is 1. The summed E-state index contributed by atoms with van der Waals surface area (Å²) in [6.45, 7) is 2.51. The fraction of sp³-hybridized carbons (Fsp3) is 0.240. The van der Waals surface area contributed by atoms with E-state index in [0.717, 1.165) is 29.8 Å². The standard InChI is InChI=1S/C25H25NO2/c27-25(28-19-20-9-3-1-4-10-20)24(21-11-5-2-6-12-21)22-13-15-23(16-14-22)26-17-7-8-18-26/h1-6,9-16,24H,7-8,17-19H2. The highest BCUT2D eigenvalue weighted by Crippen LogP contribution is 2.29. The first kappa shape index (κ1) is 18.3. The predicted molar refractivity (Wildman–Crippen MR) is 112 cm³/mol. The highest BCUT2D eigenvalue weighted by molar-refractivity contribution is 5.82. The Bertz CT molecular complexity index is 885. The molecule has 1 heterocycles. The summed E-state index contributed by atoms with van der Waals surface area (Å²) in [6, 6.07) is 28.1. The summed E-state index contributed by atoms with van der Waals surface area (Å²) in [6.07, 6.45) is 2.50. The minimum absolute atomic E-state index is 0.219. The quantitative estimate of drug-likeness (QED) is 0.561. The van der Waals surface area contributed by atoms with Gasteiger partial charge < -0.3 is 9.64 Å². The van der Waals surface area contributed by atoms with Gasteiger partial charge in [0.1, 0.15) is 12.5 Å². The second-order valence-corrected chi connectivity index (χ2v) is 7.22. The zero-order valence-electron chi connectivity index (χ0n) is 16.0. The van der Waals surface area contributed by atoms with E-state index in [-0.39, 0.29) is 12.6 Å². The number of rotatable bonds is 6. The van der Waals surface area contributed by atoms with Gasteiger partial charge in [0, 0.05) is 18.8 Å². The van der Waals surface area contributed by atoms with Gasteiger partial charge in [0.05, 0.1) is 0 Å². The van der Waals surface area contributed by atoms with Crippen molar-refractivity contribution in [3.05, 3.63) is 102 Å². The number of carbonyl (C=O) groups excluding carboxylic acids is 1. The van der Waals surface area contributed by atoms with Crippen LogP contribution in [0.3, 0.4) is 0 Å². The maximum absolute atomic E-state index is 13.0. The Balaban J connectivity index is 1.56. The van der Waals surface area contributed by atoms with Gasteiger partial charge >= 0.3 is 5.97 Å². The van der Waals surface area contributed by atoms with Crippen LogP contribution in [0.4, 0.5) is 5.69 Å². The van der Waals surface area contributed by atoms with Crippen LogP contribution in [0.15, 0.2) is 84.9 Å². The molecule has 0 spiro atoms. The smallest absolute Gasteiger partial charge is 0.318 e. The Morgan fingerprint density at radius 1 is 0.786 bits per heavy atom. The Morgan fingerprint density at radius 3 is 2.00 bits per heavy atom. The number of esters is 1. The number of benzene rings is 3. The van der Waals surface area contributed by atoms with E-state index < -0.39 is 5.92 Å². The largest absolute Gasteiger partial charge is 0.460 e. The van der Waals surface area contributed by atoms with Crippen LogP contribution in [0.25, 0.3) is 0 Å². The second kappa shape index (κ2) is 8.75. The van der Waals surface area contributed by atoms with Gasteiger partial charge in [0.2, 0.25) is 0 Å². The van der Waals surface area contributed by atoms with Crippen LogP contribution in [0, 0.1) is 0 Å². The minimum Gasteiger partial charge on any atom is -0.460 e. The molecule has 3 heteroatoms. The van der Waals surface area contributed by atoms with E-state index in [9.17, 15) is 4.79 Å². The molecule has 0 N–H and O–H groups in total. The van der Waals surface area contributed by atoms with Crippen LogP contribution < -0.4 is 4.90 Å². The molecule has 1 fully saturated rings. The van der Waals surface area contributed by atoms with E-state index in [1.165, 1.54) is 18.5 Å². The third-order valence-electron chi connectivity index (χ3n) is 5.29. The monoisotopic (exact) mass is 371 g/mol. The predicted octanol–water partition coefficient (Wildman–Crippen LogP) is 5.16. The van der Waals surface area contributed by atoms with Crippen molar-refractivity contribution >= 4 is 11.7 Å². The van der Waals surface area contributed by atoms with Crippen LogP contribution in [0.5, 0.6) is 0 Å². The molecule has 0 aliphatic carbocycles. The van der Waals surface area contributed by atoms with Crippen LogP contribution in [0.1, 0.15) is 35.4 Å². The molecule has 3 nitrogen and oxygen atoms in total. The van der Waals surface area contributed by atoms with Crippen molar-refractivity contribution in [2.24, 2.45) is 0 Å². The van der Waals surface area contributed by atoms with Crippen LogP contribution in [-0.4, -0.2) is 19.1 Å². The highest BCUT2D eigenvalue weighted by Gasteiger charge is 2.24. The van der Waals surface area contributed by atoms with E-state index in [4.69, 9.17) is 4.74 Å². The molecule has 1 aliphatic rings. The SMILES string of the molecule is O=C(OCc1ccccc1)C(c1ccccc1)c1ccc(N2CCCC2)cc1. The average molecular weight is 371 g/mol. The lowest BCUT2D eigenvalue weighted by Crippen LogP contribution is -2.19. The fourth-order valence-corrected chi connectivity index (χ4v) is 3.78. The molecule has 0 saturated carbocycles. The summed E-state index contributed by atoms with van der Waals surface area (Å²) < 4.78 is 5.68. The number of carbonyl (C=O) groups is 1. The molecule has 0 amide bonds. The molecule has 28 heavy (non-hydrogen) atoms. The van der Waals surface area contributed by atoms with Crippen molar-refractivity contribution < 1.29 is 9.53 Å². The Kier molecular flexibility index (Phi) is 5.72. The summed E-state index contributed by atoms with van der Waals surface area (Å²) in [7, 11) is 0. The lowest BCUT2D eigenvalue weighted by Gasteiger charge is -2.20. The summed E-state index contributed by atoms with van der Waals surface area (Å²) in [4.78, 5) is 15.4. The third kappa shape index (κ3) is 4.25. The van der Waals surface area contributed by atoms with Gasteiger partial charge in [0.25, 0.3) is 0 Å². The average Bonchev–Trinajstić information content (AvgIpc) is 3.29. The Morgan fingerprint density at radius 2 is 1.36 bits per heavy atom. The molecule has 1 atom stereocenters. The highest BCUT2D eigenvalue weighted by atomic mass is 16.5. The molecule has 0 bridgehead atoms. The van der Waals surface area contributed by atoms with Crippen molar-refractivity contribution in [3.63, 3.8) is 0 Å². The van der Waals surface area contributed by atoms with Gasteiger partial charge in [-0.15, -0.1) is 0 Å². The van der Waals surface area contributed by atoms with Crippen molar-refractivity contribution in [1.29, 1.82) is 0 Å². The summed E-state index contributed by atoms with van der Waals surface area (Å²) in [5, 5.41) is 0. The second-order valence-electron chi connectivity index (χ2n) is 7.22. The van der Waals surface area contributed by atoms with Crippen molar-refractivity contribution in [2.75, 3.05) is 18.0 Å². The molecular weight excluding hydrogens is 346 g/mol. The fourth-order valence-electron chi connectivity index (χ4n) is 3.78. The van der Waals surface area contributed by atoms with E-state index in [2.05, 4.69) is 29.2 Å². The molecule has 3 aromatic rings. The number of nitrogens with zero attached hydrogens (tertiary/aromatic N) is 1. The zero-order chi connectivity index (χ0) is 19.2. The zero-order valence-corrected chi connectivity index (χ0v) is 16.0. The minimum atomic E-state index is -0.419. The normalized spacial score (nSPS) is 14.6. The number of hydrogen-bond acceptors (Lipinski definition) is 3. The molecule has 1 aliphatic heterocycles. The van der Waals surface area contributed by atoms with E-state index >= 15 is 0 Å². The molecule has 0 aromatic heterocycles. The number of hydrogen-bond donors (Lipinski definition) is 0. The van der Waals surface area contributed by atoms with E-state index in [0.29, 0.717) is 0 Å². The summed E-state index contributed by atoms with van der Waals surface area (Å²) in [5.74, 6) is -0.637. The van der Waals surface area contributed by atoms with Gasteiger partial charge in [-0.25, -0.2) is 0 Å². The van der Waals surface area contributed by atoms with Crippen LogP contribution in [-0.2, 0) is 16.1 Å². The lowest BCUT2D eigenvalue weighted by molar-refractivity contribution is -0.145. The molecule has 0 radical (unpaired) electrons. The molecule has 1 saturated heterocycles. The maximum atomic E-state index is 13.0. The van der Waals surface area contributed by atoms with Crippen LogP contribution >= 0.6 is 0 Å². The van der Waals surface area contributed by atoms with Crippen molar-refractivity contribution in [1.82, 2.24) is 0 Å². The van der Waals surface area contributed by atoms with E-state index in [1.54, 1.807) is 0 Å². The topological polar surface area (TPSA) is 29.5 Å². The van der Waals surface area contributed by atoms with Gasteiger partial charge in [-0.3, -0.25) is 4.79 Å². The molecule has 3 aromatic carbocycles. The van der Waals surface area contributed by atoms with Crippen molar-refractivity contribution in [2.45, 2.75) is 25.4 Å². The Hall–Kier alpha value is -3.07.